The fraction of sp³-hybridized carbons (Fsp3) is 0.600. The lowest BCUT2D eigenvalue weighted by Gasteiger charge is -2.22. The molecule has 2 heterocycles. The van der Waals surface area contributed by atoms with Gasteiger partial charge < -0.3 is 10.6 Å². The second-order valence-corrected chi connectivity index (χ2v) is 10.6. The molecule has 7 nitrogen and oxygen atoms in total. The molecule has 0 saturated carbocycles. The molecule has 0 radical (unpaired) electrons. The van der Waals surface area contributed by atoms with E-state index in [0.29, 0.717) is 25.9 Å². The molecule has 10 heteroatoms. The zero-order valence-corrected chi connectivity index (χ0v) is 17.3. The van der Waals surface area contributed by atoms with Gasteiger partial charge in [0, 0.05) is 25.6 Å². The Bertz CT molecular complexity index is 733. The molecule has 1 saturated heterocycles. The SMILES string of the molecule is CC(C)C(=O)NCCNC(=O)[C@H]1CCCN1S(=O)(=O)c1ccc(Br)s1. The Morgan fingerprint density at radius 1 is 1.32 bits per heavy atom. The summed E-state index contributed by atoms with van der Waals surface area (Å²) in [5.41, 5.74) is 0. The summed E-state index contributed by atoms with van der Waals surface area (Å²) >= 11 is 4.39. The summed E-state index contributed by atoms with van der Waals surface area (Å²) < 4.78 is 27.7. The van der Waals surface area contributed by atoms with E-state index in [0.717, 1.165) is 15.1 Å². The smallest absolute Gasteiger partial charge is 0.253 e. The van der Waals surface area contributed by atoms with Crippen LogP contribution >= 0.6 is 27.3 Å². The first-order chi connectivity index (χ1) is 11.7. The third-order valence-electron chi connectivity index (χ3n) is 3.87. The fourth-order valence-electron chi connectivity index (χ4n) is 2.54. The van der Waals surface area contributed by atoms with Crippen molar-refractivity contribution in [3.8, 4) is 0 Å². The molecular formula is C15H22BrN3O4S2. The van der Waals surface area contributed by atoms with Gasteiger partial charge in [-0.25, -0.2) is 8.42 Å². The second kappa shape index (κ2) is 8.61. The topological polar surface area (TPSA) is 95.6 Å². The van der Waals surface area contributed by atoms with Crippen molar-refractivity contribution < 1.29 is 18.0 Å². The molecule has 2 amide bonds. The third-order valence-corrected chi connectivity index (χ3v) is 7.86. The number of hydrogen-bond acceptors (Lipinski definition) is 5. The highest BCUT2D eigenvalue weighted by molar-refractivity contribution is 9.11. The lowest BCUT2D eigenvalue weighted by molar-refractivity contribution is -0.125. The van der Waals surface area contributed by atoms with Crippen LogP contribution in [0.15, 0.2) is 20.1 Å². The van der Waals surface area contributed by atoms with Gasteiger partial charge in [0.1, 0.15) is 10.3 Å². The molecule has 2 rings (SSSR count). The first-order valence-electron chi connectivity index (χ1n) is 8.06. The van der Waals surface area contributed by atoms with Gasteiger partial charge in [0.05, 0.1) is 3.79 Å². The van der Waals surface area contributed by atoms with E-state index in [1.807, 2.05) is 0 Å². The number of nitrogens with zero attached hydrogens (tertiary/aromatic N) is 1. The summed E-state index contributed by atoms with van der Waals surface area (Å²) in [5, 5.41) is 5.42. The largest absolute Gasteiger partial charge is 0.354 e. The van der Waals surface area contributed by atoms with Crippen molar-refractivity contribution in [2.75, 3.05) is 19.6 Å². The van der Waals surface area contributed by atoms with Crippen LogP contribution < -0.4 is 10.6 Å². The monoisotopic (exact) mass is 451 g/mol. The summed E-state index contributed by atoms with van der Waals surface area (Å²) in [6, 6.07) is 2.52. The Morgan fingerprint density at radius 3 is 2.60 bits per heavy atom. The first-order valence-corrected chi connectivity index (χ1v) is 11.1. The van der Waals surface area contributed by atoms with Crippen LogP contribution in [0.3, 0.4) is 0 Å². The minimum Gasteiger partial charge on any atom is -0.354 e. The molecule has 25 heavy (non-hydrogen) atoms. The predicted octanol–water partition coefficient (Wildman–Crippen LogP) is 1.55. The Labute approximate surface area is 160 Å². The molecule has 140 valence electrons. The number of hydrogen-bond donors (Lipinski definition) is 2. The number of thiophene rings is 1. The zero-order chi connectivity index (χ0) is 18.6. The molecule has 0 aromatic carbocycles. The van der Waals surface area contributed by atoms with Crippen LogP contribution in [0.5, 0.6) is 0 Å². The van der Waals surface area contributed by atoms with Gasteiger partial charge in [0.25, 0.3) is 10.0 Å². The molecule has 0 aliphatic carbocycles. The van der Waals surface area contributed by atoms with Crippen LogP contribution in [0.2, 0.25) is 0 Å². The highest BCUT2D eigenvalue weighted by Crippen LogP contribution is 2.32. The minimum absolute atomic E-state index is 0.0809. The van der Waals surface area contributed by atoms with Gasteiger partial charge in [0.2, 0.25) is 11.8 Å². The van der Waals surface area contributed by atoms with E-state index in [9.17, 15) is 18.0 Å². The average Bonchev–Trinajstić information content (AvgIpc) is 3.20. The average molecular weight is 452 g/mol. The van der Waals surface area contributed by atoms with Crippen LogP contribution in [0.1, 0.15) is 26.7 Å². The first kappa shape index (κ1) is 20.3. The Morgan fingerprint density at radius 2 is 2.00 bits per heavy atom. The molecule has 1 fully saturated rings. The van der Waals surface area contributed by atoms with Crippen molar-refractivity contribution in [3.05, 3.63) is 15.9 Å². The number of carbonyl (C=O) groups excluding carboxylic acids is 2. The second-order valence-electron chi connectivity index (χ2n) is 6.07. The van der Waals surface area contributed by atoms with Gasteiger partial charge in [-0.3, -0.25) is 9.59 Å². The normalized spacial score (nSPS) is 18.5. The van der Waals surface area contributed by atoms with Crippen molar-refractivity contribution in [1.29, 1.82) is 0 Å². The number of halogens is 1. The summed E-state index contributed by atoms with van der Waals surface area (Å²) in [6.07, 6.45) is 1.14. The van der Waals surface area contributed by atoms with E-state index in [1.54, 1.807) is 26.0 Å². The lowest BCUT2D eigenvalue weighted by Crippen LogP contribution is -2.47. The van der Waals surface area contributed by atoms with Crippen molar-refractivity contribution >= 4 is 49.1 Å². The summed E-state index contributed by atoms with van der Waals surface area (Å²) in [5.74, 6) is -0.519. The van der Waals surface area contributed by atoms with Gasteiger partial charge in [-0.15, -0.1) is 11.3 Å². The van der Waals surface area contributed by atoms with Crippen LogP contribution in [0, 0.1) is 5.92 Å². The Balaban J connectivity index is 1.94. The van der Waals surface area contributed by atoms with Crippen molar-refractivity contribution in [1.82, 2.24) is 14.9 Å². The fourth-order valence-corrected chi connectivity index (χ4v) is 6.33. The summed E-state index contributed by atoms with van der Waals surface area (Å²) in [4.78, 5) is 23.9. The van der Waals surface area contributed by atoms with Crippen LogP contribution in [0.4, 0.5) is 0 Å². The third kappa shape index (κ3) is 5.02. The van der Waals surface area contributed by atoms with Gasteiger partial charge in [-0.05, 0) is 40.9 Å². The molecule has 1 aromatic rings. The van der Waals surface area contributed by atoms with E-state index >= 15 is 0 Å². The number of nitrogens with one attached hydrogen (secondary N) is 2. The van der Waals surface area contributed by atoms with Gasteiger partial charge in [0.15, 0.2) is 0 Å². The molecular weight excluding hydrogens is 430 g/mol. The molecule has 1 aliphatic heterocycles. The van der Waals surface area contributed by atoms with E-state index in [2.05, 4.69) is 26.6 Å². The summed E-state index contributed by atoms with van der Waals surface area (Å²) in [6.45, 7) is 4.50. The molecule has 1 aliphatic rings. The van der Waals surface area contributed by atoms with Gasteiger partial charge in [-0.1, -0.05) is 13.8 Å². The number of carbonyl (C=O) groups is 2. The number of rotatable bonds is 7. The maximum absolute atomic E-state index is 12.7. The van der Waals surface area contributed by atoms with Crippen LogP contribution in [-0.2, 0) is 19.6 Å². The molecule has 1 aromatic heterocycles. The highest BCUT2D eigenvalue weighted by atomic mass is 79.9. The van der Waals surface area contributed by atoms with Gasteiger partial charge in [-0.2, -0.15) is 4.31 Å². The predicted molar refractivity (Wildman–Crippen MR) is 99.8 cm³/mol. The standard InChI is InChI=1S/C15H22BrN3O4S2/c1-10(2)14(20)17-7-8-18-15(21)11-4-3-9-19(11)25(22,23)13-6-5-12(16)24-13/h5-6,10-11H,3-4,7-9H2,1-2H3,(H,17,20)(H,18,21)/t11-/m1/s1. The molecule has 0 bridgehead atoms. The maximum Gasteiger partial charge on any atom is 0.253 e. The Kier molecular flexibility index (Phi) is 7.01. The number of amides is 2. The Hall–Kier alpha value is -0.970. The molecule has 2 N–H and O–H groups in total. The van der Waals surface area contributed by atoms with E-state index in [1.165, 1.54) is 4.31 Å². The van der Waals surface area contributed by atoms with Crippen molar-refractivity contribution in [2.45, 2.75) is 36.9 Å². The van der Waals surface area contributed by atoms with E-state index in [-0.39, 0.29) is 28.5 Å². The number of sulfonamides is 1. The molecule has 1 atom stereocenters. The molecule has 0 spiro atoms. The van der Waals surface area contributed by atoms with Crippen molar-refractivity contribution in [2.24, 2.45) is 5.92 Å². The van der Waals surface area contributed by atoms with Crippen LogP contribution in [-0.4, -0.2) is 50.2 Å². The van der Waals surface area contributed by atoms with Crippen molar-refractivity contribution in [3.63, 3.8) is 0 Å². The highest BCUT2D eigenvalue weighted by Gasteiger charge is 2.39. The molecule has 0 unspecified atom stereocenters. The van der Waals surface area contributed by atoms with Crippen LogP contribution in [0.25, 0.3) is 0 Å². The summed E-state index contributed by atoms with van der Waals surface area (Å²) in [7, 11) is -3.68. The zero-order valence-electron chi connectivity index (χ0n) is 14.1. The quantitative estimate of drug-likeness (QED) is 0.614. The minimum atomic E-state index is -3.68. The van der Waals surface area contributed by atoms with E-state index in [4.69, 9.17) is 0 Å². The lowest BCUT2D eigenvalue weighted by atomic mass is 10.2. The maximum atomic E-state index is 12.7. The van der Waals surface area contributed by atoms with E-state index < -0.39 is 16.1 Å². The van der Waals surface area contributed by atoms with Gasteiger partial charge >= 0.3 is 0 Å².